The Bertz CT molecular complexity index is 183. The fourth-order valence-corrected chi connectivity index (χ4v) is 1.08. The molecule has 0 unspecified atom stereocenters. The quantitative estimate of drug-likeness (QED) is 0.494. The summed E-state index contributed by atoms with van der Waals surface area (Å²) in [6.45, 7) is 0. The largest absolute Gasteiger partial charge is 0.341 e. The van der Waals surface area contributed by atoms with Crippen LogP contribution in [0.2, 0.25) is 0 Å². The zero-order valence-electron chi connectivity index (χ0n) is 7.41. The Morgan fingerprint density at radius 2 is 2.17 bits per heavy atom. The van der Waals surface area contributed by atoms with Crippen LogP contribution >= 0.6 is 0 Å². The van der Waals surface area contributed by atoms with Gasteiger partial charge in [0.15, 0.2) is 0 Å². The van der Waals surface area contributed by atoms with E-state index in [4.69, 9.17) is 4.84 Å². The van der Waals surface area contributed by atoms with Crippen molar-refractivity contribution in [1.29, 1.82) is 0 Å². The fraction of sp³-hybridized carbons (Fsp3) is 0.625. The van der Waals surface area contributed by atoms with Crippen LogP contribution in [0.3, 0.4) is 0 Å². The molecule has 0 aromatic carbocycles. The van der Waals surface area contributed by atoms with E-state index in [1.165, 1.54) is 12.2 Å². The fourth-order valence-electron chi connectivity index (χ4n) is 1.08. The number of carbonyl (C=O) groups excluding carboxylic acids is 1. The van der Waals surface area contributed by atoms with Crippen molar-refractivity contribution in [3.63, 3.8) is 0 Å². The van der Waals surface area contributed by atoms with Crippen LogP contribution in [0.5, 0.6) is 0 Å². The number of carbonyl (C=O) groups is 1. The molecule has 1 aliphatic rings. The monoisotopic (exact) mass is 170 g/mol. The molecule has 2 amide bonds. The Kier molecular flexibility index (Phi) is 3.10. The molecule has 12 heavy (non-hydrogen) atoms. The molecule has 0 spiro atoms. The van der Waals surface area contributed by atoms with Gasteiger partial charge in [0.25, 0.3) is 0 Å². The van der Waals surface area contributed by atoms with Crippen LogP contribution in [0.1, 0.15) is 12.8 Å². The van der Waals surface area contributed by atoms with Crippen LogP contribution < -0.4 is 5.32 Å². The predicted molar refractivity (Wildman–Crippen MR) is 45.5 cm³/mol. The summed E-state index contributed by atoms with van der Waals surface area (Å²) in [7, 11) is 3.05. The standard InChI is InChI=1S/C8H14N2O2/c1-10(12-2)8(11)9-7-5-3-4-6-7/h3-4,7H,5-6H2,1-2H3,(H,9,11). The summed E-state index contributed by atoms with van der Waals surface area (Å²) in [5, 5.41) is 4.01. The van der Waals surface area contributed by atoms with Gasteiger partial charge in [-0.15, -0.1) is 0 Å². The number of hydroxylamine groups is 2. The second kappa shape index (κ2) is 4.11. The second-order valence-electron chi connectivity index (χ2n) is 2.77. The molecule has 1 rings (SSSR count). The smallest absolute Gasteiger partial charge is 0.333 e. The number of rotatable bonds is 2. The van der Waals surface area contributed by atoms with Crippen molar-refractivity contribution in [2.24, 2.45) is 0 Å². The lowest BCUT2D eigenvalue weighted by molar-refractivity contribution is -0.0654. The van der Waals surface area contributed by atoms with Crippen molar-refractivity contribution >= 4 is 6.03 Å². The van der Waals surface area contributed by atoms with E-state index in [0.29, 0.717) is 0 Å². The molecule has 0 aromatic heterocycles. The lowest BCUT2D eigenvalue weighted by Gasteiger charge is -2.18. The normalized spacial score (nSPS) is 16.5. The van der Waals surface area contributed by atoms with Crippen LogP contribution in [0, 0.1) is 0 Å². The summed E-state index contributed by atoms with van der Waals surface area (Å²) in [6.07, 6.45) is 5.97. The van der Waals surface area contributed by atoms with Crippen molar-refractivity contribution in [1.82, 2.24) is 10.4 Å². The summed E-state index contributed by atoms with van der Waals surface area (Å²) >= 11 is 0. The van der Waals surface area contributed by atoms with Gasteiger partial charge >= 0.3 is 6.03 Å². The molecular formula is C8H14N2O2. The molecule has 0 atom stereocenters. The van der Waals surface area contributed by atoms with Gasteiger partial charge in [0.05, 0.1) is 7.11 Å². The van der Waals surface area contributed by atoms with Gasteiger partial charge in [-0.25, -0.2) is 9.86 Å². The van der Waals surface area contributed by atoms with Crippen LogP contribution in [0.4, 0.5) is 4.79 Å². The van der Waals surface area contributed by atoms with Crippen LogP contribution in [0.15, 0.2) is 12.2 Å². The summed E-state index contributed by atoms with van der Waals surface area (Å²) in [5.74, 6) is 0. The zero-order chi connectivity index (χ0) is 8.97. The Morgan fingerprint density at radius 1 is 1.58 bits per heavy atom. The van der Waals surface area contributed by atoms with Crippen molar-refractivity contribution < 1.29 is 9.63 Å². The highest BCUT2D eigenvalue weighted by Crippen LogP contribution is 2.09. The van der Waals surface area contributed by atoms with E-state index in [-0.39, 0.29) is 12.1 Å². The second-order valence-corrected chi connectivity index (χ2v) is 2.77. The van der Waals surface area contributed by atoms with E-state index in [0.717, 1.165) is 12.8 Å². The van der Waals surface area contributed by atoms with Crippen LogP contribution in [-0.4, -0.2) is 31.3 Å². The lowest BCUT2D eigenvalue weighted by atomic mass is 10.2. The van der Waals surface area contributed by atoms with Gasteiger partial charge < -0.3 is 5.32 Å². The SMILES string of the molecule is CON(C)C(=O)NC1CC=CC1. The van der Waals surface area contributed by atoms with Gasteiger partial charge in [-0.2, -0.15) is 0 Å². The first-order valence-corrected chi connectivity index (χ1v) is 3.97. The molecule has 0 bridgehead atoms. The highest BCUT2D eigenvalue weighted by atomic mass is 16.7. The molecule has 0 aromatic rings. The third kappa shape index (κ3) is 2.23. The van der Waals surface area contributed by atoms with Gasteiger partial charge in [-0.05, 0) is 12.8 Å². The Balaban J connectivity index is 2.26. The van der Waals surface area contributed by atoms with Gasteiger partial charge in [0.2, 0.25) is 0 Å². The lowest BCUT2D eigenvalue weighted by Crippen LogP contribution is -2.41. The average molecular weight is 170 g/mol. The molecule has 0 aliphatic heterocycles. The first kappa shape index (κ1) is 9.06. The van der Waals surface area contributed by atoms with Gasteiger partial charge in [-0.3, -0.25) is 4.84 Å². The highest BCUT2D eigenvalue weighted by molar-refractivity contribution is 5.73. The molecule has 1 N–H and O–H groups in total. The van der Waals surface area contributed by atoms with E-state index in [2.05, 4.69) is 17.5 Å². The third-order valence-electron chi connectivity index (χ3n) is 1.90. The van der Waals surface area contributed by atoms with Crippen molar-refractivity contribution in [3.8, 4) is 0 Å². The molecule has 0 saturated carbocycles. The molecule has 1 aliphatic carbocycles. The summed E-state index contributed by atoms with van der Waals surface area (Å²) < 4.78 is 0. The highest BCUT2D eigenvalue weighted by Gasteiger charge is 2.15. The Morgan fingerprint density at radius 3 is 2.67 bits per heavy atom. The van der Waals surface area contributed by atoms with E-state index >= 15 is 0 Å². The maximum Gasteiger partial charge on any atom is 0.341 e. The molecule has 4 heteroatoms. The Labute approximate surface area is 72.1 Å². The summed E-state index contributed by atoms with van der Waals surface area (Å²) in [5.41, 5.74) is 0. The molecular weight excluding hydrogens is 156 g/mol. The summed E-state index contributed by atoms with van der Waals surface area (Å²) in [4.78, 5) is 15.9. The molecule has 0 radical (unpaired) electrons. The third-order valence-corrected chi connectivity index (χ3v) is 1.90. The maximum atomic E-state index is 11.2. The molecule has 0 fully saturated rings. The van der Waals surface area contributed by atoms with Gasteiger partial charge in [-0.1, -0.05) is 12.2 Å². The van der Waals surface area contributed by atoms with Gasteiger partial charge in [0, 0.05) is 13.1 Å². The Hall–Kier alpha value is -1.03. The number of hydrogen-bond acceptors (Lipinski definition) is 2. The minimum absolute atomic E-state index is 0.189. The van der Waals surface area contributed by atoms with Crippen molar-refractivity contribution in [3.05, 3.63) is 12.2 Å². The maximum absolute atomic E-state index is 11.2. The van der Waals surface area contributed by atoms with Crippen LogP contribution in [0.25, 0.3) is 0 Å². The first-order chi connectivity index (χ1) is 5.74. The predicted octanol–water partition coefficient (Wildman–Crippen LogP) is 0.908. The molecule has 68 valence electrons. The zero-order valence-corrected chi connectivity index (χ0v) is 7.41. The molecule has 0 heterocycles. The average Bonchev–Trinajstić information content (AvgIpc) is 2.55. The topological polar surface area (TPSA) is 41.6 Å². The first-order valence-electron chi connectivity index (χ1n) is 3.97. The van der Waals surface area contributed by atoms with E-state index in [1.807, 2.05) is 0 Å². The minimum Gasteiger partial charge on any atom is -0.333 e. The number of urea groups is 1. The number of amides is 2. The van der Waals surface area contributed by atoms with Crippen LogP contribution in [-0.2, 0) is 4.84 Å². The van der Waals surface area contributed by atoms with E-state index in [9.17, 15) is 4.79 Å². The van der Waals surface area contributed by atoms with Crippen molar-refractivity contribution in [2.45, 2.75) is 18.9 Å². The molecule has 4 nitrogen and oxygen atoms in total. The minimum atomic E-state index is -0.189. The number of nitrogens with one attached hydrogen (secondary N) is 1. The van der Waals surface area contributed by atoms with E-state index in [1.54, 1.807) is 7.05 Å². The molecule has 0 saturated heterocycles. The van der Waals surface area contributed by atoms with Gasteiger partial charge in [0.1, 0.15) is 0 Å². The van der Waals surface area contributed by atoms with Crippen molar-refractivity contribution in [2.75, 3.05) is 14.2 Å². The summed E-state index contributed by atoms with van der Waals surface area (Å²) in [6, 6.07) is 0.0568. The number of nitrogens with zero attached hydrogens (tertiary/aromatic N) is 1. The van der Waals surface area contributed by atoms with E-state index < -0.39 is 0 Å². The number of hydrogen-bond donors (Lipinski definition) is 1.